The van der Waals surface area contributed by atoms with Crippen molar-refractivity contribution in [3.63, 3.8) is 0 Å². The molecule has 0 unspecified atom stereocenters. The van der Waals surface area contributed by atoms with Crippen LogP contribution in [0.4, 0.5) is 5.13 Å². The summed E-state index contributed by atoms with van der Waals surface area (Å²) < 4.78 is 5.59. The second kappa shape index (κ2) is 6.52. The van der Waals surface area contributed by atoms with Crippen molar-refractivity contribution in [1.82, 2.24) is 4.98 Å². The van der Waals surface area contributed by atoms with Crippen LogP contribution >= 0.6 is 11.3 Å². The largest absolute Gasteiger partial charge is 0.491 e. The third-order valence-corrected chi connectivity index (χ3v) is 3.63. The second-order valence-electron chi connectivity index (χ2n) is 4.77. The summed E-state index contributed by atoms with van der Waals surface area (Å²) in [6.07, 6.45) is 1.96. The summed E-state index contributed by atoms with van der Waals surface area (Å²) >= 11 is 1.60. The third kappa shape index (κ3) is 4.06. The molecule has 0 bridgehead atoms. The number of benzene rings is 1. The molecule has 0 saturated carbocycles. The van der Waals surface area contributed by atoms with Crippen LogP contribution in [0, 0.1) is 13.8 Å². The predicted octanol–water partition coefficient (Wildman–Crippen LogP) is 3.99. The second-order valence-corrected chi connectivity index (χ2v) is 5.97. The smallest absolute Gasteiger partial charge is 0.203 e. The number of ether oxygens (including phenoxy) is 1. The Morgan fingerprint density at radius 2 is 1.95 bits per heavy atom. The zero-order valence-electron chi connectivity index (χ0n) is 12.2. The molecule has 0 saturated heterocycles. The Balaban J connectivity index is 1.94. The minimum Gasteiger partial charge on any atom is -0.491 e. The lowest BCUT2D eigenvalue weighted by Crippen LogP contribution is -2.05. The van der Waals surface area contributed by atoms with Crippen LogP contribution in [0.25, 0.3) is 0 Å². The predicted molar refractivity (Wildman–Crippen MR) is 85.0 cm³/mol. The monoisotopic (exact) mass is 289 g/mol. The number of aromatic nitrogens is 1. The van der Waals surface area contributed by atoms with Gasteiger partial charge < -0.3 is 4.74 Å². The maximum Gasteiger partial charge on any atom is 0.203 e. The highest BCUT2D eigenvalue weighted by Gasteiger charge is 2.01. The van der Waals surface area contributed by atoms with E-state index in [9.17, 15) is 0 Å². The molecular weight excluding hydrogens is 270 g/mol. The number of nitrogens with zero attached hydrogens (tertiary/aromatic N) is 2. The van der Waals surface area contributed by atoms with Crippen LogP contribution in [-0.4, -0.2) is 17.3 Å². The zero-order valence-corrected chi connectivity index (χ0v) is 13.0. The molecule has 1 aromatic carbocycles. The summed E-state index contributed by atoms with van der Waals surface area (Å²) in [6.45, 7) is 8.07. The lowest BCUT2D eigenvalue weighted by atomic mass is 10.2. The van der Waals surface area contributed by atoms with Gasteiger partial charge >= 0.3 is 0 Å². The lowest BCUT2D eigenvalue weighted by Gasteiger charge is -2.08. The molecular formula is C15H19N3OS. The molecule has 0 fully saturated rings. The van der Waals surface area contributed by atoms with Gasteiger partial charge in [-0.05, 0) is 57.5 Å². The van der Waals surface area contributed by atoms with Crippen molar-refractivity contribution in [3.8, 4) is 5.75 Å². The van der Waals surface area contributed by atoms with Crippen molar-refractivity contribution in [1.29, 1.82) is 0 Å². The van der Waals surface area contributed by atoms with Gasteiger partial charge in [-0.25, -0.2) is 4.98 Å². The molecule has 0 aliphatic heterocycles. The summed E-state index contributed by atoms with van der Waals surface area (Å²) in [5.74, 6) is 0.872. The van der Waals surface area contributed by atoms with Crippen molar-refractivity contribution in [2.24, 2.45) is 5.10 Å². The Kier molecular flexibility index (Phi) is 4.74. The minimum absolute atomic E-state index is 0.188. The van der Waals surface area contributed by atoms with Gasteiger partial charge in [0.2, 0.25) is 5.13 Å². The average Bonchev–Trinajstić information content (AvgIpc) is 2.70. The van der Waals surface area contributed by atoms with E-state index in [1.165, 1.54) is 4.88 Å². The van der Waals surface area contributed by atoms with Crippen LogP contribution in [0.3, 0.4) is 0 Å². The van der Waals surface area contributed by atoms with Crippen LogP contribution in [0.1, 0.15) is 30.0 Å². The molecule has 20 heavy (non-hydrogen) atoms. The Bertz CT molecular complexity index is 568. The Labute approximate surface area is 123 Å². The topological polar surface area (TPSA) is 46.5 Å². The van der Waals surface area contributed by atoms with E-state index in [2.05, 4.69) is 22.4 Å². The van der Waals surface area contributed by atoms with E-state index in [1.807, 2.05) is 45.0 Å². The van der Waals surface area contributed by atoms with Gasteiger partial charge in [0.1, 0.15) is 5.75 Å². The van der Waals surface area contributed by atoms with Gasteiger partial charge in [0.25, 0.3) is 0 Å². The number of hydrogen-bond donors (Lipinski definition) is 1. The summed E-state index contributed by atoms with van der Waals surface area (Å²) in [5.41, 5.74) is 5.00. The highest BCUT2D eigenvalue weighted by atomic mass is 32.1. The Hall–Kier alpha value is -1.88. The van der Waals surface area contributed by atoms with E-state index in [-0.39, 0.29) is 6.10 Å². The Morgan fingerprint density at radius 1 is 1.25 bits per heavy atom. The van der Waals surface area contributed by atoms with Gasteiger partial charge in [0, 0.05) is 4.88 Å². The van der Waals surface area contributed by atoms with E-state index in [4.69, 9.17) is 4.74 Å². The molecule has 0 aliphatic rings. The first kappa shape index (κ1) is 14.5. The highest BCUT2D eigenvalue weighted by molar-refractivity contribution is 7.15. The molecule has 0 radical (unpaired) electrons. The summed E-state index contributed by atoms with van der Waals surface area (Å²) in [6, 6.07) is 7.83. The third-order valence-electron chi connectivity index (χ3n) is 2.65. The minimum atomic E-state index is 0.188. The molecule has 0 spiro atoms. The van der Waals surface area contributed by atoms with Crippen molar-refractivity contribution < 1.29 is 4.74 Å². The van der Waals surface area contributed by atoms with Crippen LogP contribution in [0.2, 0.25) is 0 Å². The fourth-order valence-electron chi connectivity index (χ4n) is 1.59. The maximum atomic E-state index is 5.59. The van der Waals surface area contributed by atoms with Crippen LogP contribution in [0.5, 0.6) is 5.75 Å². The van der Waals surface area contributed by atoms with E-state index in [1.54, 1.807) is 17.6 Å². The zero-order chi connectivity index (χ0) is 14.5. The summed E-state index contributed by atoms with van der Waals surface area (Å²) in [4.78, 5) is 5.57. The van der Waals surface area contributed by atoms with Crippen LogP contribution in [0.15, 0.2) is 29.4 Å². The molecule has 5 heteroatoms. The van der Waals surface area contributed by atoms with Gasteiger partial charge in [0.05, 0.1) is 18.0 Å². The van der Waals surface area contributed by atoms with E-state index < -0.39 is 0 Å². The van der Waals surface area contributed by atoms with Gasteiger partial charge in [-0.2, -0.15) is 5.10 Å². The van der Waals surface area contributed by atoms with Gasteiger partial charge in [0.15, 0.2) is 0 Å². The number of hydrogen-bond acceptors (Lipinski definition) is 5. The number of rotatable bonds is 5. The van der Waals surface area contributed by atoms with Gasteiger partial charge in [-0.1, -0.05) is 0 Å². The standard InChI is InChI=1S/C15H19N3OS/c1-10(2)19-14-7-5-13(6-8-14)9-16-18-15-17-11(3)12(4)20-15/h5-10H,1-4H3,(H,17,18)/b16-9+. The molecule has 1 heterocycles. The fraction of sp³-hybridized carbons (Fsp3) is 0.333. The van der Waals surface area contributed by atoms with Crippen molar-refractivity contribution >= 4 is 22.7 Å². The number of hydrazone groups is 1. The molecule has 2 rings (SSSR count). The SMILES string of the molecule is Cc1nc(N/N=C/c2ccc(OC(C)C)cc2)sc1C. The average molecular weight is 289 g/mol. The molecule has 0 aliphatic carbocycles. The highest BCUT2D eigenvalue weighted by Crippen LogP contribution is 2.20. The first-order valence-corrected chi connectivity index (χ1v) is 7.36. The van der Waals surface area contributed by atoms with Crippen molar-refractivity contribution in [3.05, 3.63) is 40.4 Å². The maximum absolute atomic E-state index is 5.59. The Morgan fingerprint density at radius 3 is 2.50 bits per heavy atom. The lowest BCUT2D eigenvalue weighted by molar-refractivity contribution is 0.242. The van der Waals surface area contributed by atoms with Crippen molar-refractivity contribution in [2.75, 3.05) is 5.43 Å². The molecule has 106 valence electrons. The molecule has 0 atom stereocenters. The van der Waals surface area contributed by atoms with E-state index in [0.717, 1.165) is 22.1 Å². The number of nitrogens with one attached hydrogen (secondary N) is 1. The van der Waals surface area contributed by atoms with Crippen LogP contribution in [-0.2, 0) is 0 Å². The van der Waals surface area contributed by atoms with Crippen molar-refractivity contribution in [2.45, 2.75) is 33.8 Å². The number of thiazole rings is 1. The fourth-order valence-corrected chi connectivity index (χ4v) is 2.35. The molecule has 2 aromatic rings. The first-order valence-electron chi connectivity index (χ1n) is 6.54. The van der Waals surface area contributed by atoms with E-state index >= 15 is 0 Å². The molecule has 0 amide bonds. The first-order chi connectivity index (χ1) is 9.54. The summed E-state index contributed by atoms with van der Waals surface area (Å²) in [7, 11) is 0. The molecule has 4 nitrogen and oxygen atoms in total. The number of anilines is 1. The normalized spacial score (nSPS) is 11.2. The van der Waals surface area contributed by atoms with Gasteiger partial charge in [-0.15, -0.1) is 11.3 Å². The molecule has 1 aromatic heterocycles. The number of aryl methyl sites for hydroxylation is 2. The molecule has 1 N–H and O–H groups in total. The summed E-state index contributed by atoms with van der Waals surface area (Å²) in [5, 5.41) is 5.00. The van der Waals surface area contributed by atoms with Gasteiger partial charge in [-0.3, -0.25) is 5.43 Å². The van der Waals surface area contributed by atoms with E-state index in [0.29, 0.717) is 0 Å². The quantitative estimate of drug-likeness (QED) is 0.668. The van der Waals surface area contributed by atoms with Crippen LogP contribution < -0.4 is 10.2 Å².